The minimum Gasteiger partial charge on any atom is -0.374 e. The molecule has 0 saturated carbocycles. The normalized spacial score (nSPS) is 31.1. The predicted molar refractivity (Wildman–Crippen MR) is 73.9 cm³/mol. The fraction of sp³-hybridized carbons (Fsp3) is 0.667. The van der Waals surface area contributed by atoms with Gasteiger partial charge in [0.1, 0.15) is 0 Å². The van der Waals surface area contributed by atoms with Crippen LogP contribution in [0, 0.1) is 5.92 Å². The first-order chi connectivity index (χ1) is 8.41. The summed E-state index contributed by atoms with van der Waals surface area (Å²) in [6.07, 6.45) is 2.11. The van der Waals surface area contributed by atoms with Crippen molar-refractivity contribution in [2.75, 3.05) is 13.2 Å². The highest BCUT2D eigenvalue weighted by molar-refractivity contribution is 5.51. The molecule has 2 aliphatic rings. The van der Waals surface area contributed by atoms with Crippen molar-refractivity contribution in [3.8, 4) is 0 Å². The van der Waals surface area contributed by atoms with Crippen molar-refractivity contribution >= 4 is 6.72 Å². The predicted octanol–water partition coefficient (Wildman–Crippen LogP) is 3.12. The second-order valence-corrected chi connectivity index (χ2v) is 5.70. The highest BCUT2D eigenvalue weighted by Crippen LogP contribution is 2.52. The highest BCUT2D eigenvalue weighted by atomic mass is 16.6. The van der Waals surface area contributed by atoms with Crippen molar-refractivity contribution < 1.29 is 9.47 Å². The van der Waals surface area contributed by atoms with Gasteiger partial charge < -0.3 is 9.47 Å². The van der Waals surface area contributed by atoms with E-state index in [1.165, 1.54) is 11.1 Å². The van der Waals surface area contributed by atoms with E-state index in [1.807, 2.05) is 6.92 Å². The molecule has 2 heterocycles. The molecule has 0 radical (unpaired) electrons. The van der Waals surface area contributed by atoms with Gasteiger partial charge in [-0.15, -0.1) is 0 Å². The van der Waals surface area contributed by atoms with E-state index in [4.69, 9.17) is 9.47 Å². The molecule has 0 aromatic rings. The van der Waals surface area contributed by atoms with Gasteiger partial charge in [-0.25, -0.2) is 0 Å². The third-order valence-electron chi connectivity index (χ3n) is 4.33. The Labute approximate surface area is 110 Å². The Hall–Kier alpha value is -0.930. The molecule has 0 aromatic carbocycles. The number of hydrogen-bond donors (Lipinski definition) is 0. The standard InChI is InChI=1S/C15H23NO2/c1-7-11(4)12-13(16-6)15(8-17-9-15)18-14(12,5)10(2)3/h7,10H,6,8-9H2,1-5H3/b11-7-. The molecule has 1 atom stereocenters. The maximum Gasteiger partial charge on any atom is 0.158 e. The SMILES string of the molecule is C=NC1=C(/C(C)=C\C)C(C)(C(C)C)OC12COC2. The fourth-order valence-corrected chi connectivity index (χ4v) is 2.80. The smallest absolute Gasteiger partial charge is 0.158 e. The summed E-state index contributed by atoms with van der Waals surface area (Å²) >= 11 is 0. The Bertz CT molecular complexity index is 430. The number of allylic oxidation sites excluding steroid dienone is 1. The van der Waals surface area contributed by atoms with E-state index in [1.54, 1.807) is 0 Å². The second-order valence-electron chi connectivity index (χ2n) is 5.70. The van der Waals surface area contributed by atoms with E-state index in [-0.39, 0.29) is 11.2 Å². The minimum atomic E-state index is -0.361. The molecule has 0 N–H and O–H groups in total. The van der Waals surface area contributed by atoms with Crippen LogP contribution in [-0.2, 0) is 9.47 Å². The van der Waals surface area contributed by atoms with Crippen LogP contribution in [0.4, 0.5) is 0 Å². The van der Waals surface area contributed by atoms with Gasteiger partial charge in [-0.3, -0.25) is 4.99 Å². The molecular formula is C15H23NO2. The van der Waals surface area contributed by atoms with Crippen LogP contribution in [-0.4, -0.2) is 31.1 Å². The van der Waals surface area contributed by atoms with E-state index in [2.05, 4.69) is 45.5 Å². The van der Waals surface area contributed by atoms with Crippen molar-refractivity contribution in [3.63, 3.8) is 0 Å². The molecule has 2 rings (SSSR count). The van der Waals surface area contributed by atoms with Gasteiger partial charge in [0.15, 0.2) is 5.60 Å². The molecule has 1 unspecified atom stereocenters. The lowest BCUT2D eigenvalue weighted by Crippen LogP contribution is -2.53. The van der Waals surface area contributed by atoms with E-state index in [9.17, 15) is 0 Å². The number of rotatable bonds is 3. The maximum absolute atomic E-state index is 6.40. The lowest BCUT2D eigenvalue weighted by Gasteiger charge is -2.42. The molecule has 0 aliphatic carbocycles. The van der Waals surface area contributed by atoms with Gasteiger partial charge in [-0.2, -0.15) is 0 Å². The zero-order chi connectivity index (χ0) is 13.6. The van der Waals surface area contributed by atoms with Crippen LogP contribution in [0.5, 0.6) is 0 Å². The van der Waals surface area contributed by atoms with Crippen molar-refractivity contribution in [1.82, 2.24) is 0 Å². The highest BCUT2D eigenvalue weighted by Gasteiger charge is 2.58. The Morgan fingerprint density at radius 3 is 2.39 bits per heavy atom. The van der Waals surface area contributed by atoms with Crippen LogP contribution >= 0.6 is 0 Å². The Kier molecular flexibility index (Phi) is 3.24. The van der Waals surface area contributed by atoms with Crippen LogP contribution in [0.2, 0.25) is 0 Å². The van der Waals surface area contributed by atoms with E-state index >= 15 is 0 Å². The van der Waals surface area contributed by atoms with Gasteiger partial charge in [0.05, 0.1) is 24.5 Å². The molecule has 1 saturated heterocycles. The number of nitrogens with zero attached hydrogens (tertiary/aromatic N) is 1. The van der Waals surface area contributed by atoms with Crippen LogP contribution in [0.3, 0.4) is 0 Å². The lowest BCUT2D eigenvalue weighted by atomic mass is 9.80. The Morgan fingerprint density at radius 2 is 2.06 bits per heavy atom. The molecule has 1 spiro atoms. The zero-order valence-electron chi connectivity index (χ0n) is 12.0. The summed E-state index contributed by atoms with van der Waals surface area (Å²) in [6, 6.07) is 0. The quantitative estimate of drug-likeness (QED) is 0.719. The first kappa shape index (κ1) is 13.5. The van der Waals surface area contributed by atoms with Crippen LogP contribution in [0.25, 0.3) is 0 Å². The summed E-state index contributed by atoms with van der Waals surface area (Å²) in [5, 5.41) is 0. The minimum absolute atomic E-state index is 0.309. The maximum atomic E-state index is 6.40. The number of ether oxygens (including phenoxy) is 2. The van der Waals surface area contributed by atoms with Gasteiger partial charge >= 0.3 is 0 Å². The van der Waals surface area contributed by atoms with E-state index in [0.717, 1.165) is 5.70 Å². The third kappa shape index (κ3) is 1.61. The van der Waals surface area contributed by atoms with Gasteiger partial charge in [0.25, 0.3) is 0 Å². The summed E-state index contributed by atoms with van der Waals surface area (Å²) < 4.78 is 11.8. The van der Waals surface area contributed by atoms with E-state index in [0.29, 0.717) is 19.1 Å². The summed E-state index contributed by atoms with van der Waals surface area (Å²) in [7, 11) is 0. The Balaban J connectivity index is 2.60. The molecule has 18 heavy (non-hydrogen) atoms. The number of aliphatic imine (C=N–C) groups is 1. The summed E-state index contributed by atoms with van der Waals surface area (Å²) in [4.78, 5) is 4.27. The van der Waals surface area contributed by atoms with Crippen molar-refractivity contribution in [2.45, 2.75) is 45.8 Å². The molecule has 0 amide bonds. The summed E-state index contributed by atoms with van der Waals surface area (Å²) in [6.45, 7) is 15.6. The first-order valence-electron chi connectivity index (χ1n) is 6.54. The number of hydrogen-bond acceptors (Lipinski definition) is 3. The molecule has 100 valence electrons. The topological polar surface area (TPSA) is 30.8 Å². The Morgan fingerprint density at radius 1 is 1.44 bits per heavy atom. The van der Waals surface area contributed by atoms with Crippen LogP contribution in [0.15, 0.2) is 27.9 Å². The van der Waals surface area contributed by atoms with Gasteiger partial charge in [-0.05, 0) is 39.0 Å². The van der Waals surface area contributed by atoms with Gasteiger partial charge in [0, 0.05) is 5.57 Å². The first-order valence-corrected chi connectivity index (χ1v) is 6.54. The molecule has 2 aliphatic heterocycles. The molecule has 3 heteroatoms. The largest absolute Gasteiger partial charge is 0.374 e. The zero-order valence-corrected chi connectivity index (χ0v) is 12.0. The van der Waals surface area contributed by atoms with Crippen molar-refractivity contribution in [1.29, 1.82) is 0 Å². The molecule has 0 bridgehead atoms. The average Bonchev–Trinajstić information content (AvgIpc) is 2.58. The average molecular weight is 249 g/mol. The summed E-state index contributed by atoms with van der Waals surface area (Å²) in [5.41, 5.74) is 2.72. The van der Waals surface area contributed by atoms with Crippen molar-refractivity contribution in [3.05, 3.63) is 22.9 Å². The molecule has 0 aromatic heterocycles. The molecule has 1 fully saturated rings. The van der Waals surface area contributed by atoms with Gasteiger partial charge in [0.2, 0.25) is 0 Å². The van der Waals surface area contributed by atoms with Crippen molar-refractivity contribution in [2.24, 2.45) is 10.9 Å². The van der Waals surface area contributed by atoms with Crippen LogP contribution in [0.1, 0.15) is 34.6 Å². The van der Waals surface area contributed by atoms with Crippen LogP contribution < -0.4 is 0 Å². The second kappa shape index (κ2) is 4.32. The van der Waals surface area contributed by atoms with Gasteiger partial charge in [-0.1, -0.05) is 19.9 Å². The monoisotopic (exact) mass is 249 g/mol. The van der Waals surface area contributed by atoms with E-state index < -0.39 is 0 Å². The lowest BCUT2D eigenvalue weighted by molar-refractivity contribution is -0.221. The molecule has 3 nitrogen and oxygen atoms in total. The molecular weight excluding hydrogens is 226 g/mol. The third-order valence-corrected chi connectivity index (χ3v) is 4.33. The fourth-order valence-electron chi connectivity index (χ4n) is 2.80. The summed E-state index contributed by atoms with van der Waals surface area (Å²) in [5.74, 6) is 0.374.